The summed E-state index contributed by atoms with van der Waals surface area (Å²) in [6.07, 6.45) is 0. The summed E-state index contributed by atoms with van der Waals surface area (Å²) in [5, 5.41) is 0. The summed E-state index contributed by atoms with van der Waals surface area (Å²) in [6, 6.07) is 12.6. The monoisotopic (exact) mass is 349 g/mol. The van der Waals surface area contributed by atoms with Crippen molar-refractivity contribution in [2.75, 3.05) is 12.3 Å². The van der Waals surface area contributed by atoms with E-state index in [1.807, 2.05) is 31.2 Å². The fourth-order valence-corrected chi connectivity index (χ4v) is 2.09. The molecular formula is C16H16BrNO3. The maximum absolute atomic E-state index is 12.2. The molecule has 2 aromatic rings. The van der Waals surface area contributed by atoms with E-state index >= 15 is 0 Å². The van der Waals surface area contributed by atoms with Gasteiger partial charge in [0.1, 0.15) is 12.2 Å². The molecule has 0 aliphatic carbocycles. The number of para-hydroxylation sites is 1. The molecular weight excluding hydrogens is 334 g/mol. The molecule has 0 saturated carbocycles. The fourth-order valence-electron chi connectivity index (χ4n) is 1.83. The molecule has 110 valence electrons. The van der Waals surface area contributed by atoms with Crippen LogP contribution in [0.2, 0.25) is 0 Å². The first-order chi connectivity index (χ1) is 10.1. The number of anilines is 1. The lowest BCUT2D eigenvalue weighted by atomic mass is 10.1. The van der Waals surface area contributed by atoms with Crippen LogP contribution in [0.25, 0.3) is 0 Å². The maximum atomic E-state index is 12.2. The first-order valence-corrected chi connectivity index (χ1v) is 7.34. The van der Waals surface area contributed by atoms with Crippen LogP contribution in [0.3, 0.4) is 0 Å². The second kappa shape index (κ2) is 7.13. The first kappa shape index (κ1) is 15.4. The van der Waals surface area contributed by atoms with Crippen molar-refractivity contribution >= 4 is 27.6 Å². The third-order valence-electron chi connectivity index (χ3n) is 2.84. The third-order valence-corrected chi connectivity index (χ3v) is 3.37. The van der Waals surface area contributed by atoms with E-state index in [0.29, 0.717) is 23.6 Å². The van der Waals surface area contributed by atoms with Gasteiger partial charge < -0.3 is 15.2 Å². The van der Waals surface area contributed by atoms with Crippen molar-refractivity contribution in [3.63, 3.8) is 0 Å². The van der Waals surface area contributed by atoms with Gasteiger partial charge in [-0.1, -0.05) is 34.1 Å². The van der Waals surface area contributed by atoms with E-state index in [-0.39, 0.29) is 6.61 Å². The van der Waals surface area contributed by atoms with Gasteiger partial charge in [0.15, 0.2) is 5.75 Å². The standard InChI is InChI=1S/C16H16BrNO3/c1-2-20-15-13(4-3-5-14(15)18)16(19)21-10-11-6-8-12(17)9-7-11/h3-9H,2,10,18H2,1H3. The second-order valence-corrected chi connectivity index (χ2v) is 5.28. The molecule has 0 aliphatic rings. The van der Waals surface area contributed by atoms with Crippen molar-refractivity contribution in [3.8, 4) is 5.75 Å². The Hall–Kier alpha value is -2.01. The highest BCUT2D eigenvalue weighted by molar-refractivity contribution is 9.10. The zero-order valence-corrected chi connectivity index (χ0v) is 13.2. The van der Waals surface area contributed by atoms with E-state index in [1.54, 1.807) is 18.2 Å². The molecule has 5 heteroatoms. The van der Waals surface area contributed by atoms with E-state index in [2.05, 4.69) is 15.9 Å². The van der Waals surface area contributed by atoms with E-state index in [4.69, 9.17) is 15.2 Å². The van der Waals surface area contributed by atoms with Crippen LogP contribution in [0.1, 0.15) is 22.8 Å². The average Bonchev–Trinajstić information content (AvgIpc) is 2.48. The zero-order valence-electron chi connectivity index (χ0n) is 11.6. The Morgan fingerprint density at radius 1 is 1.19 bits per heavy atom. The number of esters is 1. The lowest BCUT2D eigenvalue weighted by Crippen LogP contribution is -2.09. The minimum atomic E-state index is -0.450. The number of carbonyl (C=O) groups excluding carboxylic acids is 1. The van der Waals surface area contributed by atoms with Gasteiger partial charge in [-0.3, -0.25) is 0 Å². The Kier molecular flexibility index (Phi) is 5.22. The van der Waals surface area contributed by atoms with Gasteiger partial charge in [-0.25, -0.2) is 4.79 Å². The lowest BCUT2D eigenvalue weighted by Gasteiger charge is -2.12. The van der Waals surface area contributed by atoms with Gasteiger partial charge in [-0.2, -0.15) is 0 Å². The van der Waals surface area contributed by atoms with Crippen molar-refractivity contribution in [2.45, 2.75) is 13.5 Å². The molecule has 21 heavy (non-hydrogen) atoms. The van der Waals surface area contributed by atoms with Gasteiger partial charge in [-0.15, -0.1) is 0 Å². The van der Waals surface area contributed by atoms with Gasteiger partial charge >= 0.3 is 5.97 Å². The van der Waals surface area contributed by atoms with Crippen molar-refractivity contribution < 1.29 is 14.3 Å². The van der Waals surface area contributed by atoms with Crippen molar-refractivity contribution in [1.29, 1.82) is 0 Å². The van der Waals surface area contributed by atoms with Crippen molar-refractivity contribution in [1.82, 2.24) is 0 Å². The predicted octanol–water partition coefficient (Wildman–Crippen LogP) is 3.79. The Balaban J connectivity index is 2.10. The summed E-state index contributed by atoms with van der Waals surface area (Å²) >= 11 is 3.36. The first-order valence-electron chi connectivity index (χ1n) is 6.54. The molecule has 0 unspecified atom stereocenters. The third kappa shape index (κ3) is 3.98. The number of ether oxygens (including phenoxy) is 2. The van der Waals surface area contributed by atoms with Crippen LogP contribution >= 0.6 is 15.9 Å². The smallest absolute Gasteiger partial charge is 0.342 e. The van der Waals surface area contributed by atoms with Gasteiger partial charge in [0, 0.05) is 4.47 Å². The molecule has 0 bridgehead atoms. The van der Waals surface area contributed by atoms with Gasteiger partial charge in [0.2, 0.25) is 0 Å². The highest BCUT2D eigenvalue weighted by Crippen LogP contribution is 2.27. The summed E-state index contributed by atoms with van der Waals surface area (Å²) in [7, 11) is 0. The van der Waals surface area contributed by atoms with Crippen LogP contribution in [-0.4, -0.2) is 12.6 Å². The number of carbonyl (C=O) groups is 1. The Morgan fingerprint density at radius 2 is 1.90 bits per heavy atom. The molecule has 2 aromatic carbocycles. The molecule has 0 amide bonds. The van der Waals surface area contributed by atoms with Gasteiger partial charge in [-0.05, 0) is 36.8 Å². The molecule has 0 radical (unpaired) electrons. The molecule has 2 rings (SSSR count). The van der Waals surface area contributed by atoms with Crippen LogP contribution in [0.15, 0.2) is 46.9 Å². The van der Waals surface area contributed by atoms with Crippen LogP contribution < -0.4 is 10.5 Å². The predicted molar refractivity (Wildman–Crippen MR) is 85.3 cm³/mol. The minimum Gasteiger partial charge on any atom is -0.491 e. The van der Waals surface area contributed by atoms with E-state index in [0.717, 1.165) is 10.0 Å². The zero-order chi connectivity index (χ0) is 15.2. The summed E-state index contributed by atoms with van der Waals surface area (Å²) in [6.45, 7) is 2.47. The Bertz CT molecular complexity index is 626. The maximum Gasteiger partial charge on any atom is 0.342 e. The SMILES string of the molecule is CCOc1c(N)cccc1C(=O)OCc1ccc(Br)cc1. The molecule has 0 aromatic heterocycles. The Labute approximate surface area is 132 Å². The van der Waals surface area contributed by atoms with Gasteiger partial charge in [0.25, 0.3) is 0 Å². The molecule has 0 fully saturated rings. The summed E-state index contributed by atoms with van der Waals surface area (Å²) < 4.78 is 11.7. The largest absolute Gasteiger partial charge is 0.491 e. The second-order valence-electron chi connectivity index (χ2n) is 4.36. The summed E-state index contributed by atoms with van der Waals surface area (Å²) in [4.78, 5) is 12.2. The molecule has 0 aliphatic heterocycles. The topological polar surface area (TPSA) is 61.5 Å². The number of rotatable bonds is 5. The quantitative estimate of drug-likeness (QED) is 0.658. The number of hydrogen-bond donors (Lipinski definition) is 1. The van der Waals surface area contributed by atoms with E-state index in [1.165, 1.54) is 0 Å². The van der Waals surface area contributed by atoms with Crippen LogP contribution in [0, 0.1) is 0 Å². The molecule has 4 nitrogen and oxygen atoms in total. The fraction of sp³-hybridized carbons (Fsp3) is 0.188. The normalized spacial score (nSPS) is 10.2. The number of halogens is 1. The molecule has 0 saturated heterocycles. The molecule has 2 N–H and O–H groups in total. The lowest BCUT2D eigenvalue weighted by molar-refractivity contribution is 0.0468. The highest BCUT2D eigenvalue weighted by atomic mass is 79.9. The van der Waals surface area contributed by atoms with E-state index < -0.39 is 5.97 Å². The van der Waals surface area contributed by atoms with E-state index in [9.17, 15) is 4.79 Å². The number of hydrogen-bond acceptors (Lipinski definition) is 4. The molecule has 0 atom stereocenters. The van der Waals surface area contributed by atoms with Gasteiger partial charge in [0.05, 0.1) is 12.3 Å². The number of benzene rings is 2. The highest BCUT2D eigenvalue weighted by Gasteiger charge is 2.16. The molecule has 0 spiro atoms. The average molecular weight is 350 g/mol. The molecule has 0 heterocycles. The number of nitrogen functional groups attached to an aromatic ring is 1. The van der Waals surface area contributed by atoms with Crippen LogP contribution in [0.5, 0.6) is 5.75 Å². The Morgan fingerprint density at radius 3 is 2.57 bits per heavy atom. The van der Waals surface area contributed by atoms with Crippen molar-refractivity contribution in [3.05, 3.63) is 58.1 Å². The van der Waals surface area contributed by atoms with Crippen LogP contribution in [-0.2, 0) is 11.3 Å². The minimum absolute atomic E-state index is 0.201. The summed E-state index contributed by atoms with van der Waals surface area (Å²) in [5.74, 6) is -0.0746. The summed E-state index contributed by atoms with van der Waals surface area (Å²) in [5.41, 5.74) is 7.51. The van der Waals surface area contributed by atoms with Crippen molar-refractivity contribution in [2.24, 2.45) is 0 Å². The van der Waals surface area contributed by atoms with Crippen LogP contribution in [0.4, 0.5) is 5.69 Å². The number of nitrogens with two attached hydrogens (primary N) is 1.